The number of rotatable bonds is 9. The van der Waals surface area contributed by atoms with E-state index in [4.69, 9.17) is 24.8 Å². The lowest BCUT2D eigenvalue weighted by molar-refractivity contribution is 0.271. The van der Waals surface area contributed by atoms with E-state index in [1.807, 2.05) is 26.0 Å². The molecule has 0 aliphatic carbocycles. The molecular weight excluding hydrogens is 287 g/mol. The maximum Gasteiger partial charge on any atom is 0.174 e. The summed E-state index contributed by atoms with van der Waals surface area (Å²) in [5, 5.41) is 8.98. The van der Waals surface area contributed by atoms with Crippen molar-refractivity contribution in [2.75, 3.05) is 31.7 Å². The Morgan fingerprint density at radius 1 is 1.24 bits per heavy atom. The van der Waals surface area contributed by atoms with E-state index < -0.39 is 8.38 Å². The van der Waals surface area contributed by atoms with Gasteiger partial charge in [0, 0.05) is 17.9 Å². The van der Waals surface area contributed by atoms with Crippen LogP contribution in [-0.2, 0) is 9.05 Å². The molecule has 0 aliphatic heterocycles. The number of allylic oxidation sites excluding steroid dienone is 1. The van der Waals surface area contributed by atoms with Crippen molar-refractivity contribution in [3.8, 4) is 11.8 Å². The third-order valence-corrected chi connectivity index (χ3v) is 4.03. The van der Waals surface area contributed by atoms with Gasteiger partial charge in [0.1, 0.15) is 18.4 Å². The topological polar surface area (TPSA) is 77.5 Å². The van der Waals surface area contributed by atoms with Gasteiger partial charge in [0.25, 0.3) is 0 Å². The van der Waals surface area contributed by atoms with E-state index in [1.165, 1.54) is 0 Å². The van der Waals surface area contributed by atoms with Crippen LogP contribution in [-0.4, -0.2) is 26.0 Å². The standard InChI is InChI=1S/C15H21N2O3P/c1-3-19-21(20-4-2)10-6-5-9-18-15-11-14(17)8-7-13(15)12-16/h5-8,11H,3-4,9-10,17H2,1-2H3/b6-5+. The van der Waals surface area contributed by atoms with Crippen molar-refractivity contribution in [2.45, 2.75) is 13.8 Å². The monoisotopic (exact) mass is 308 g/mol. The summed E-state index contributed by atoms with van der Waals surface area (Å²) >= 11 is 0. The summed E-state index contributed by atoms with van der Waals surface area (Å²) in [6.07, 6.45) is 4.58. The van der Waals surface area contributed by atoms with Gasteiger partial charge >= 0.3 is 0 Å². The van der Waals surface area contributed by atoms with Crippen molar-refractivity contribution in [2.24, 2.45) is 0 Å². The second-order valence-corrected chi connectivity index (χ2v) is 5.55. The highest BCUT2D eigenvalue weighted by Gasteiger charge is 2.06. The molecule has 1 aromatic rings. The number of nitrogens with two attached hydrogens (primary N) is 1. The second-order valence-electron chi connectivity index (χ2n) is 4.00. The fraction of sp³-hybridized carbons (Fsp3) is 0.400. The van der Waals surface area contributed by atoms with Crippen LogP contribution in [0.25, 0.3) is 0 Å². The third-order valence-electron chi connectivity index (χ3n) is 2.43. The number of nitrogen functional groups attached to an aromatic ring is 1. The first kappa shape index (κ1) is 17.5. The second kappa shape index (κ2) is 10.2. The molecule has 0 saturated heterocycles. The molecule has 0 aromatic heterocycles. The molecule has 0 saturated carbocycles. The average Bonchev–Trinajstić information content (AvgIpc) is 2.47. The van der Waals surface area contributed by atoms with E-state index in [1.54, 1.807) is 18.2 Å². The number of benzene rings is 1. The van der Waals surface area contributed by atoms with Crippen LogP contribution in [0.2, 0.25) is 0 Å². The molecule has 1 rings (SSSR count). The third kappa shape index (κ3) is 6.59. The highest BCUT2D eigenvalue weighted by Crippen LogP contribution is 2.37. The van der Waals surface area contributed by atoms with Crippen LogP contribution < -0.4 is 10.5 Å². The van der Waals surface area contributed by atoms with Crippen LogP contribution in [0.15, 0.2) is 30.4 Å². The number of hydrogen-bond donors (Lipinski definition) is 1. The van der Waals surface area contributed by atoms with Gasteiger partial charge in [0.15, 0.2) is 8.38 Å². The average molecular weight is 308 g/mol. The molecule has 0 heterocycles. The molecular formula is C15H21N2O3P. The Balaban J connectivity index is 2.44. The van der Waals surface area contributed by atoms with Crippen molar-refractivity contribution in [3.63, 3.8) is 0 Å². The number of nitriles is 1. The van der Waals surface area contributed by atoms with E-state index in [9.17, 15) is 0 Å². The smallest absolute Gasteiger partial charge is 0.174 e. The summed E-state index contributed by atoms with van der Waals surface area (Å²) in [6.45, 7) is 5.56. The van der Waals surface area contributed by atoms with E-state index in [0.717, 1.165) is 6.16 Å². The summed E-state index contributed by atoms with van der Waals surface area (Å²) < 4.78 is 16.5. The molecule has 0 radical (unpaired) electrons. The van der Waals surface area contributed by atoms with Crippen LogP contribution >= 0.6 is 8.38 Å². The van der Waals surface area contributed by atoms with Crippen molar-refractivity contribution in [1.82, 2.24) is 0 Å². The van der Waals surface area contributed by atoms with Gasteiger partial charge in [-0.05, 0) is 26.0 Å². The van der Waals surface area contributed by atoms with Gasteiger partial charge in [0.05, 0.1) is 18.8 Å². The van der Waals surface area contributed by atoms with Crippen molar-refractivity contribution < 1.29 is 13.8 Å². The van der Waals surface area contributed by atoms with E-state index in [0.29, 0.717) is 36.8 Å². The molecule has 6 heteroatoms. The lowest BCUT2D eigenvalue weighted by Gasteiger charge is -2.13. The molecule has 5 nitrogen and oxygen atoms in total. The van der Waals surface area contributed by atoms with Gasteiger partial charge in [-0.3, -0.25) is 0 Å². The van der Waals surface area contributed by atoms with Crippen LogP contribution in [0, 0.1) is 11.3 Å². The molecule has 0 bridgehead atoms. The van der Waals surface area contributed by atoms with Crippen LogP contribution in [0.1, 0.15) is 19.4 Å². The Hall–Kier alpha value is -1.60. The van der Waals surface area contributed by atoms with Crippen LogP contribution in [0.5, 0.6) is 5.75 Å². The molecule has 114 valence electrons. The minimum atomic E-state index is -0.861. The lowest BCUT2D eigenvalue weighted by atomic mass is 10.2. The Bertz CT molecular complexity index is 494. The molecule has 21 heavy (non-hydrogen) atoms. The highest BCUT2D eigenvalue weighted by atomic mass is 31.2. The van der Waals surface area contributed by atoms with Gasteiger partial charge < -0.3 is 19.5 Å². The van der Waals surface area contributed by atoms with E-state index in [-0.39, 0.29) is 0 Å². The molecule has 0 amide bonds. The molecule has 2 N–H and O–H groups in total. The predicted molar refractivity (Wildman–Crippen MR) is 85.2 cm³/mol. The summed E-state index contributed by atoms with van der Waals surface area (Å²) in [5.41, 5.74) is 6.73. The van der Waals surface area contributed by atoms with Gasteiger partial charge in [-0.15, -0.1) is 0 Å². The molecule has 0 fully saturated rings. The first-order valence-electron chi connectivity index (χ1n) is 6.82. The molecule has 0 aliphatic rings. The largest absolute Gasteiger partial charge is 0.488 e. The summed E-state index contributed by atoms with van der Waals surface area (Å²) in [7, 11) is -0.861. The Morgan fingerprint density at radius 2 is 1.95 bits per heavy atom. The molecule has 1 aromatic carbocycles. The number of anilines is 1. The van der Waals surface area contributed by atoms with Gasteiger partial charge in [-0.1, -0.05) is 12.2 Å². The minimum Gasteiger partial charge on any atom is -0.488 e. The normalized spacial score (nSPS) is 11.0. The summed E-state index contributed by atoms with van der Waals surface area (Å²) in [4.78, 5) is 0. The van der Waals surface area contributed by atoms with E-state index in [2.05, 4.69) is 6.07 Å². The van der Waals surface area contributed by atoms with Crippen molar-refractivity contribution in [1.29, 1.82) is 5.26 Å². The maximum absolute atomic E-state index is 8.98. The SMILES string of the molecule is CCOP(C/C=C/COc1cc(N)ccc1C#N)OCC. The first-order chi connectivity index (χ1) is 10.2. The number of hydrogen-bond acceptors (Lipinski definition) is 5. The minimum absolute atomic E-state index is 0.375. The first-order valence-corrected chi connectivity index (χ1v) is 8.18. The van der Waals surface area contributed by atoms with Gasteiger partial charge in [-0.25, -0.2) is 0 Å². The summed E-state index contributed by atoms with van der Waals surface area (Å²) in [5.74, 6) is 0.499. The van der Waals surface area contributed by atoms with Gasteiger partial charge in [0.2, 0.25) is 0 Å². The zero-order chi connectivity index (χ0) is 15.5. The number of ether oxygens (including phenoxy) is 1. The quantitative estimate of drug-likeness (QED) is 0.429. The Kier molecular flexibility index (Phi) is 8.45. The van der Waals surface area contributed by atoms with Crippen molar-refractivity contribution >= 4 is 14.1 Å². The molecule has 0 atom stereocenters. The number of nitrogens with zero attached hydrogens (tertiary/aromatic N) is 1. The fourth-order valence-electron chi connectivity index (χ4n) is 1.55. The fourth-order valence-corrected chi connectivity index (χ4v) is 2.73. The van der Waals surface area contributed by atoms with Gasteiger partial charge in [-0.2, -0.15) is 5.26 Å². The van der Waals surface area contributed by atoms with Crippen LogP contribution in [0.3, 0.4) is 0 Å². The van der Waals surface area contributed by atoms with Crippen LogP contribution in [0.4, 0.5) is 5.69 Å². The maximum atomic E-state index is 8.98. The lowest BCUT2D eigenvalue weighted by Crippen LogP contribution is -1.98. The van der Waals surface area contributed by atoms with Crippen molar-refractivity contribution in [3.05, 3.63) is 35.9 Å². The summed E-state index contributed by atoms with van der Waals surface area (Å²) in [6, 6.07) is 7.06. The highest BCUT2D eigenvalue weighted by molar-refractivity contribution is 7.47. The zero-order valence-electron chi connectivity index (χ0n) is 12.4. The molecule has 0 spiro atoms. The zero-order valence-corrected chi connectivity index (χ0v) is 13.3. The Morgan fingerprint density at radius 3 is 2.57 bits per heavy atom. The Labute approximate surface area is 127 Å². The predicted octanol–water partition coefficient (Wildman–Crippen LogP) is 3.46. The van der Waals surface area contributed by atoms with E-state index >= 15 is 0 Å². The molecule has 0 unspecified atom stereocenters.